The monoisotopic (exact) mass is 280 g/mol. The summed E-state index contributed by atoms with van der Waals surface area (Å²) in [7, 11) is 0. The van der Waals surface area contributed by atoms with Crippen molar-refractivity contribution in [2.24, 2.45) is 5.92 Å². The van der Waals surface area contributed by atoms with Crippen molar-refractivity contribution in [1.82, 2.24) is 0 Å². The number of carbonyl (C=O) groups is 1. The van der Waals surface area contributed by atoms with Gasteiger partial charge < -0.3 is 9.47 Å². The quantitative estimate of drug-likeness (QED) is 0.681. The number of halogens is 1. The van der Waals surface area contributed by atoms with Crippen molar-refractivity contribution >= 4 is 17.4 Å². The summed E-state index contributed by atoms with van der Waals surface area (Å²) in [6, 6.07) is 1.80. The van der Waals surface area contributed by atoms with E-state index in [0.29, 0.717) is 47.6 Å². The fourth-order valence-electron chi connectivity index (χ4n) is 2.76. The van der Waals surface area contributed by atoms with Crippen molar-refractivity contribution in [3.63, 3.8) is 0 Å². The highest BCUT2D eigenvalue weighted by Gasteiger charge is 2.29. The summed E-state index contributed by atoms with van der Waals surface area (Å²) in [5.41, 5.74) is 1.59. The third kappa shape index (κ3) is 2.32. The lowest BCUT2D eigenvalue weighted by Crippen LogP contribution is -2.08. The molecule has 4 heteroatoms. The lowest BCUT2D eigenvalue weighted by Gasteiger charge is -2.15. The minimum Gasteiger partial charge on any atom is -0.489 e. The number of hydrogen-bond donors (Lipinski definition) is 0. The molecular weight excluding hydrogens is 264 g/mol. The Morgan fingerprint density at radius 3 is 2.95 bits per heavy atom. The molecule has 2 aliphatic rings. The second-order valence-corrected chi connectivity index (χ2v) is 5.77. The Bertz CT molecular complexity index is 525. The molecule has 0 N–H and O–H groups in total. The Kier molecular flexibility index (Phi) is 3.40. The van der Waals surface area contributed by atoms with E-state index in [4.69, 9.17) is 21.1 Å². The van der Waals surface area contributed by atoms with Gasteiger partial charge in [0.1, 0.15) is 0 Å². The summed E-state index contributed by atoms with van der Waals surface area (Å²) in [5.74, 6) is 1.74. The topological polar surface area (TPSA) is 35.5 Å². The molecule has 0 radical (unpaired) electrons. The second-order valence-electron chi connectivity index (χ2n) is 5.36. The van der Waals surface area contributed by atoms with E-state index in [9.17, 15) is 4.79 Å². The van der Waals surface area contributed by atoms with Crippen LogP contribution in [-0.2, 0) is 6.42 Å². The van der Waals surface area contributed by atoms with E-state index in [1.165, 1.54) is 0 Å². The summed E-state index contributed by atoms with van der Waals surface area (Å²) in [5, 5.41) is 0.627. The van der Waals surface area contributed by atoms with Gasteiger partial charge in [0.05, 0.1) is 18.8 Å². The van der Waals surface area contributed by atoms with Gasteiger partial charge in [-0.25, -0.2) is 0 Å². The standard InChI is InChI=1S/C15H17ClO3/c1-9-3-4-10-11(16)8-13-15(14(10)12(17)7-9)19-6-2-5-18-13/h8-9H,2-7H2,1H3. The predicted octanol–water partition coefficient (Wildman–Crippen LogP) is 3.66. The van der Waals surface area contributed by atoms with Crippen LogP contribution in [0.5, 0.6) is 11.5 Å². The summed E-state index contributed by atoms with van der Waals surface area (Å²) < 4.78 is 11.4. The van der Waals surface area contributed by atoms with Crippen LogP contribution in [-0.4, -0.2) is 19.0 Å². The smallest absolute Gasteiger partial charge is 0.172 e. The molecule has 1 unspecified atom stereocenters. The minimum absolute atomic E-state index is 0.129. The molecule has 0 aromatic heterocycles. The highest BCUT2D eigenvalue weighted by Crippen LogP contribution is 2.42. The van der Waals surface area contributed by atoms with Crippen molar-refractivity contribution in [3.05, 3.63) is 22.2 Å². The summed E-state index contributed by atoms with van der Waals surface area (Å²) in [6.45, 7) is 3.30. The van der Waals surface area contributed by atoms with Gasteiger partial charge in [0.2, 0.25) is 0 Å². The molecule has 1 atom stereocenters. The van der Waals surface area contributed by atoms with E-state index in [0.717, 1.165) is 24.8 Å². The van der Waals surface area contributed by atoms with Gasteiger partial charge in [-0.1, -0.05) is 18.5 Å². The Hall–Kier alpha value is -1.22. The third-order valence-electron chi connectivity index (χ3n) is 3.79. The number of benzene rings is 1. The van der Waals surface area contributed by atoms with E-state index in [1.807, 2.05) is 0 Å². The highest BCUT2D eigenvalue weighted by molar-refractivity contribution is 6.32. The van der Waals surface area contributed by atoms with Crippen LogP contribution in [0.4, 0.5) is 0 Å². The Balaban J connectivity index is 2.17. The minimum atomic E-state index is 0.129. The summed E-state index contributed by atoms with van der Waals surface area (Å²) in [6.07, 6.45) is 3.20. The van der Waals surface area contributed by atoms with Crippen LogP contribution in [0.2, 0.25) is 5.02 Å². The summed E-state index contributed by atoms with van der Waals surface area (Å²) >= 11 is 6.33. The Morgan fingerprint density at radius 1 is 1.32 bits per heavy atom. The molecule has 0 spiro atoms. The Morgan fingerprint density at radius 2 is 2.11 bits per heavy atom. The van der Waals surface area contributed by atoms with Crippen molar-refractivity contribution in [2.75, 3.05) is 13.2 Å². The van der Waals surface area contributed by atoms with Crippen LogP contribution in [0.15, 0.2) is 6.07 Å². The first kappa shape index (κ1) is 12.8. The van der Waals surface area contributed by atoms with Gasteiger partial charge in [0, 0.05) is 23.9 Å². The number of fused-ring (bicyclic) bond motifs is 3. The number of Topliss-reactive ketones (excluding diaryl/α,β-unsaturated/α-hetero) is 1. The molecule has 1 aliphatic carbocycles. The average Bonchev–Trinajstić information content (AvgIpc) is 2.67. The molecule has 1 aromatic rings. The van der Waals surface area contributed by atoms with E-state index in [2.05, 4.69) is 6.92 Å². The van der Waals surface area contributed by atoms with Gasteiger partial charge in [-0.05, 0) is 24.3 Å². The van der Waals surface area contributed by atoms with E-state index < -0.39 is 0 Å². The zero-order chi connectivity index (χ0) is 13.4. The first-order valence-corrected chi connectivity index (χ1v) is 7.18. The molecular formula is C15H17ClO3. The maximum absolute atomic E-state index is 12.5. The summed E-state index contributed by atoms with van der Waals surface area (Å²) in [4.78, 5) is 12.5. The maximum Gasteiger partial charge on any atom is 0.172 e. The van der Waals surface area contributed by atoms with Crippen molar-refractivity contribution in [1.29, 1.82) is 0 Å². The van der Waals surface area contributed by atoms with Crippen molar-refractivity contribution < 1.29 is 14.3 Å². The van der Waals surface area contributed by atoms with Gasteiger partial charge >= 0.3 is 0 Å². The largest absolute Gasteiger partial charge is 0.489 e. The zero-order valence-electron chi connectivity index (χ0n) is 11.0. The molecule has 3 nitrogen and oxygen atoms in total. The highest BCUT2D eigenvalue weighted by atomic mass is 35.5. The fraction of sp³-hybridized carbons (Fsp3) is 0.533. The molecule has 0 bridgehead atoms. The van der Waals surface area contributed by atoms with Crippen LogP contribution in [0, 0.1) is 5.92 Å². The molecule has 1 aromatic carbocycles. The van der Waals surface area contributed by atoms with Gasteiger partial charge in [-0.15, -0.1) is 0 Å². The van der Waals surface area contributed by atoms with E-state index in [-0.39, 0.29) is 5.78 Å². The molecule has 0 fully saturated rings. The normalized spacial score (nSPS) is 22.4. The van der Waals surface area contributed by atoms with Gasteiger partial charge in [0.25, 0.3) is 0 Å². The number of carbonyl (C=O) groups excluding carboxylic acids is 1. The van der Waals surface area contributed by atoms with E-state index in [1.54, 1.807) is 6.07 Å². The molecule has 1 heterocycles. The second kappa shape index (κ2) is 5.04. The number of rotatable bonds is 0. The molecule has 1 aliphatic heterocycles. The van der Waals surface area contributed by atoms with Gasteiger partial charge in [-0.3, -0.25) is 4.79 Å². The molecule has 3 rings (SSSR count). The third-order valence-corrected chi connectivity index (χ3v) is 4.13. The number of ketones is 1. The predicted molar refractivity (Wildman–Crippen MR) is 73.5 cm³/mol. The van der Waals surface area contributed by atoms with Crippen LogP contribution >= 0.6 is 11.6 Å². The van der Waals surface area contributed by atoms with Gasteiger partial charge in [0.15, 0.2) is 17.3 Å². The van der Waals surface area contributed by atoms with Crippen molar-refractivity contribution in [3.8, 4) is 11.5 Å². The van der Waals surface area contributed by atoms with Crippen LogP contribution in [0.3, 0.4) is 0 Å². The van der Waals surface area contributed by atoms with E-state index >= 15 is 0 Å². The Labute approximate surface area is 117 Å². The first-order valence-electron chi connectivity index (χ1n) is 6.81. The van der Waals surface area contributed by atoms with Gasteiger partial charge in [-0.2, -0.15) is 0 Å². The fourth-order valence-corrected chi connectivity index (χ4v) is 3.05. The molecule has 0 saturated heterocycles. The maximum atomic E-state index is 12.5. The first-order chi connectivity index (χ1) is 9.16. The lowest BCUT2D eigenvalue weighted by atomic mass is 10.00. The number of ether oxygens (including phenoxy) is 2. The molecule has 19 heavy (non-hydrogen) atoms. The van der Waals surface area contributed by atoms with Crippen LogP contribution < -0.4 is 9.47 Å². The number of hydrogen-bond acceptors (Lipinski definition) is 3. The zero-order valence-corrected chi connectivity index (χ0v) is 11.8. The lowest BCUT2D eigenvalue weighted by molar-refractivity contribution is 0.0963. The molecule has 102 valence electrons. The molecule has 0 amide bonds. The SMILES string of the molecule is CC1CCc2c(Cl)cc3c(c2C(=O)C1)OCCCO3. The molecule has 0 saturated carbocycles. The van der Waals surface area contributed by atoms with Crippen molar-refractivity contribution in [2.45, 2.75) is 32.6 Å². The average molecular weight is 281 g/mol. The van der Waals surface area contributed by atoms with Crippen LogP contribution in [0.1, 0.15) is 42.1 Å². The van der Waals surface area contributed by atoms with Crippen LogP contribution in [0.25, 0.3) is 0 Å².